The van der Waals surface area contributed by atoms with E-state index in [-0.39, 0.29) is 49.8 Å². The monoisotopic (exact) mass is 638 g/mol. The van der Waals surface area contributed by atoms with Gasteiger partial charge in [0.1, 0.15) is 32.5 Å². The lowest BCUT2D eigenvalue weighted by Gasteiger charge is -2.07. The van der Waals surface area contributed by atoms with Gasteiger partial charge in [-0.15, -0.1) is 0 Å². The van der Waals surface area contributed by atoms with Gasteiger partial charge in [0.2, 0.25) is 0 Å². The van der Waals surface area contributed by atoms with Crippen molar-refractivity contribution in [1.82, 2.24) is 0 Å². The summed E-state index contributed by atoms with van der Waals surface area (Å²) >= 11 is 0. The van der Waals surface area contributed by atoms with E-state index in [1.165, 1.54) is 13.8 Å². The summed E-state index contributed by atoms with van der Waals surface area (Å²) in [6, 6.07) is 9.55. The van der Waals surface area contributed by atoms with Crippen LogP contribution in [0.5, 0.6) is 0 Å². The van der Waals surface area contributed by atoms with Crippen LogP contribution in [-0.2, 0) is 54.3 Å². The molecule has 14 nitrogen and oxygen atoms in total. The zero-order valence-electron chi connectivity index (χ0n) is 25.7. The second-order valence-corrected chi connectivity index (χ2v) is 8.63. The van der Waals surface area contributed by atoms with E-state index in [9.17, 15) is 28.8 Å². The van der Waals surface area contributed by atoms with E-state index in [2.05, 4.69) is 40.5 Å². The zero-order valence-corrected chi connectivity index (χ0v) is 25.7. The molecule has 1 aromatic carbocycles. The molecule has 0 aromatic heterocycles. The van der Waals surface area contributed by atoms with Crippen molar-refractivity contribution in [3.8, 4) is 0 Å². The molecule has 0 bridgehead atoms. The summed E-state index contributed by atoms with van der Waals surface area (Å²) in [4.78, 5) is 62.6. The number of hydrogen-bond donors (Lipinski definition) is 4. The Labute approximate surface area is 261 Å². The third kappa shape index (κ3) is 31.7. The Morgan fingerprint density at radius 1 is 0.778 bits per heavy atom. The van der Waals surface area contributed by atoms with E-state index in [0.717, 1.165) is 11.6 Å². The van der Waals surface area contributed by atoms with Crippen LogP contribution < -0.4 is 0 Å². The van der Waals surface area contributed by atoms with Gasteiger partial charge in [-0.3, -0.25) is 9.59 Å². The highest BCUT2D eigenvalue weighted by atomic mass is 16.6. The summed E-state index contributed by atoms with van der Waals surface area (Å²) in [6.45, 7) is 17.3. The van der Waals surface area contributed by atoms with Gasteiger partial charge in [-0.25, -0.2) is 19.2 Å². The molecule has 1 rings (SSSR count). The van der Waals surface area contributed by atoms with Gasteiger partial charge in [-0.05, 0) is 26.3 Å². The quantitative estimate of drug-likeness (QED) is 0.0939. The third-order valence-corrected chi connectivity index (χ3v) is 4.19. The fourth-order valence-electron chi connectivity index (χ4n) is 1.83. The molecule has 4 N–H and O–H groups in total. The van der Waals surface area contributed by atoms with Crippen molar-refractivity contribution in [1.29, 1.82) is 0 Å². The summed E-state index contributed by atoms with van der Waals surface area (Å²) in [7, 11) is 0. The second kappa shape index (κ2) is 27.7. The van der Waals surface area contributed by atoms with E-state index >= 15 is 0 Å². The molecule has 0 aliphatic rings. The van der Waals surface area contributed by atoms with Gasteiger partial charge >= 0.3 is 35.8 Å². The molecule has 0 aliphatic heterocycles. The molecule has 250 valence electrons. The van der Waals surface area contributed by atoms with Gasteiger partial charge in [0.25, 0.3) is 0 Å². The summed E-state index contributed by atoms with van der Waals surface area (Å²) in [5, 5.41) is 33.2. The average molecular weight is 639 g/mol. The van der Waals surface area contributed by atoms with Crippen molar-refractivity contribution in [2.24, 2.45) is 0 Å². The molecule has 0 spiro atoms. The van der Waals surface area contributed by atoms with Gasteiger partial charge in [-0.1, -0.05) is 56.6 Å². The van der Waals surface area contributed by atoms with E-state index in [1.54, 1.807) is 6.92 Å². The van der Waals surface area contributed by atoms with Crippen molar-refractivity contribution < 1.29 is 68.1 Å². The topological polar surface area (TPSA) is 220 Å². The third-order valence-electron chi connectivity index (χ3n) is 4.19. The Morgan fingerprint density at radius 2 is 1.27 bits per heavy atom. The maximum absolute atomic E-state index is 11.0. The minimum atomic E-state index is -1.06. The predicted octanol–water partition coefficient (Wildman–Crippen LogP) is 2.54. The molecule has 0 heterocycles. The highest BCUT2D eigenvalue weighted by molar-refractivity contribution is 5.87. The molecule has 0 amide bonds. The lowest BCUT2D eigenvalue weighted by Crippen LogP contribution is -2.22. The fourth-order valence-corrected chi connectivity index (χ4v) is 1.83. The standard InChI is InChI=1S/C11H12O2.C9H12O6.C7H12O4.C4H6O2/c1-9(2)11(12)13-8-10-6-4-3-5-7-10;1-2-8(12)14-5-6-15-9(13)4-3-7(10)11;1-5(2)7(10)11-4-6(9)3-8;1-3(2)4(5)6/h3-7H,1,8H2,2H3;2H,1,3-6H2,(H,10,11);6,8-9H,1,3-4H2,2H3;1H2,2H3,(H,5,6). The van der Waals surface area contributed by atoms with Crippen LogP contribution in [0.4, 0.5) is 0 Å². The highest BCUT2D eigenvalue weighted by Gasteiger charge is 2.08. The van der Waals surface area contributed by atoms with Crippen molar-refractivity contribution >= 4 is 35.8 Å². The molecule has 0 saturated heterocycles. The Kier molecular flexibility index (Phi) is 27.3. The summed E-state index contributed by atoms with van der Waals surface area (Å²) in [6.07, 6.45) is -0.472. The number of carbonyl (C=O) groups is 6. The smallest absolute Gasteiger partial charge is 0.333 e. The van der Waals surface area contributed by atoms with Crippen LogP contribution in [-0.4, -0.2) is 88.8 Å². The number of aliphatic hydroxyl groups excluding tert-OH is 2. The first-order valence-electron chi connectivity index (χ1n) is 13.0. The fraction of sp³-hybridized carbons (Fsp3) is 0.355. The lowest BCUT2D eigenvalue weighted by molar-refractivity contribution is -0.151. The molecule has 1 unspecified atom stereocenters. The Morgan fingerprint density at radius 3 is 1.69 bits per heavy atom. The van der Waals surface area contributed by atoms with Crippen LogP contribution in [0.1, 0.15) is 39.2 Å². The Bertz CT molecular complexity index is 1130. The maximum Gasteiger partial charge on any atom is 0.333 e. The molecule has 1 aromatic rings. The number of esters is 4. The number of carboxylic acid groups (broad SMARTS) is 2. The van der Waals surface area contributed by atoms with Crippen LogP contribution in [0, 0.1) is 0 Å². The van der Waals surface area contributed by atoms with E-state index in [1.807, 2.05) is 30.3 Å². The maximum atomic E-state index is 11.0. The van der Waals surface area contributed by atoms with Crippen LogP contribution in [0.3, 0.4) is 0 Å². The van der Waals surface area contributed by atoms with Gasteiger partial charge in [0.05, 0.1) is 19.4 Å². The number of carboxylic acids is 2. The van der Waals surface area contributed by atoms with Gasteiger partial charge in [0, 0.05) is 22.8 Å². The SMILES string of the molecule is C=C(C)C(=O)O.C=C(C)C(=O)OCC(O)CO.C=C(C)C(=O)OCc1ccccc1.C=CC(=O)OCCOC(=O)CCC(=O)O. The molecule has 0 fully saturated rings. The van der Waals surface area contributed by atoms with Crippen LogP contribution in [0.25, 0.3) is 0 Å². The van der Waals surface area contributed by atoms with Crippen LogP contribution in [0.15, 0.2) is 79.4 Å². The molecule has 0 radical (unpaired) electrons. The Balaban J connectivity index is -0.000000544. The predicted molar refractivity (Wildman–Crippen MR) is 161 cm³/mol. The average Bonchev–Trinajstić information content (AvgIpc) is 3.00. The number of ether oxygens (including phenoxy) is 4. The summed E-state index contributed by atoms with van der Waals surface area (Å²) < 4.78 is 18.5. The van der Waals surface area contributed by atoms with Crippen molar-refractivity contribution in [3.63, 3.8) is 0 Å². The summed E-state index contributed by atoms with van der Waals surface area (Å²) in [5.74, 6) is -4.13. The van der Waals surface area contributed by atoms with Crippen LogP contribution in [0.2, 0.25) is 0 Å². The van der Waals surface area contributed by atoms with Crippen molar-refractivity contribution in [2.75, 3.05) is 26.4 Å². The van der Waals surface area contributed by atoms with Crippen molar-refractivity contribution in [3.05, 3.63) is 85.0 Å². The molecule has 0 aliphatic carbocycles. The van der Waals surface area contributed by atoms with Gasteiger partial charge in [0.15, 0.2) is 0 Å². The first-order valence-corrected chi connectivity index (χ1v) is 13.0. The molecule has 0 saturated carbocycles. The van der Waals surface area contributed by atoms with E-state index in [0.29, 0.717) is 12.2 Å². The summed E-state index contributed by atoms with van der Waals surface area (Å²) in [5.41, 5.74) is 1.86. The largest absolute Gasteiger partial charge is 0.481 e. The zero-order chi connectivity index (χ0) is 35.4. The molecule has 45 heavy (non-hydrogen) atoms. The molecular weight excluding hydrogens is 596 g/mol. The molecule has 14 heteroatoms. The number of hydrogen-bond acceptors (Lipinski definition) is 12. The minimum Gasteiger partial charge on any atom is -0.481 e. The lowest BCUT2D eigenvalue weighted by atomic mass is 10.2. The number of benzene rings is 1. The second-order valence-electron chi connectivity index (χ2n) is 8.63. The minimum absolute atomic E-state index is 0.0658. The number of carbonyl (C=O) groups excluding carboxylic acids is 4. The van der Waals surface area contributed by atoms with Crippen LogP contribution >= 0.6 is 0 Å². The van der Waals surface area contributed by atoms with Gasteiger partial charge in [-0.2, -0.15) is 0 Å². The van der Waals surface area contributed by atoms with Gasteiger partial charge < -0.3 is 39.4 Å². The normalized spacial score (nSPS) is 9.71. The number of aliphatic hydroxyl groups is 2. The molecular formula is C31H42O14. The first-order chi connectivity index (χ1) is 21.0. The van der Waals surface area contributed by atoms with E-state index in [4.69, 9.17) is 25.2 Å². The molecule has 1 atom stereocenters. The number of aliphatic carboxylic acids is 2. The number of rotatable bonds is 15. The van der Waals surface area contributed by atoms with Crippen molar-refractivity contribution in [2.45, 2.75) is 46.3 Å². The highest BCUT2D eigenvalue weighted by Crippen LogP contribution is 2.02. The van der Waals surface area contributed by atoms with E-state index < -0.39 is 42.6 Å². The first kappa shape index (κ1) is 44.4. The Hall–Kier alpha value is -5.08.